The molecule has 0 heterocycles. The van der Waals surface area contributed by atoms with Crippen LogP contribution < -0.4 is 5.32 Å². The van der Waals surface area contributed by atoms with E-state index in [1.54, 1.807) is 0 Å². The van der Waals surface area contributed by atoms with Crippen LogP contribution in [0.25, 0.3) is 0 Å². The van der Waals surface area contributed by atoms with Gasteiger partial charge in [0.15, 0.2) is 0 Å². The molecule has 2 saturated carbocycles. The molecule has 2 nitrogen and oxygen atoms in total. The van der Waals surface area contributed by atoms with E-state index in [2.05, 4.69) is 12.2 Å². The molecule has 0 spiro atoms. The molecule has 2 aliphatic carbocycles. The number of carbonyl (C=O) groups is 1. The monoisotopic (exact) mass is 167 g/mol. The van der Waals surface area contributed by atoms with Crippen LogP contribution in [0.1, 0.15) is 39.0 Å². The van der Waals surface area contributed by atoms with Crippen molar-refractivity contribution in [2.45, 2.75) is 39.0 Å². The minimum absolute atomic E-state index is 0.0174. The number of hydrogen-bond donors (Lipinski definition) is 1. The van der Waals surface area contributed by atoms with Gasteiger partial charge >= 0.3 is 0 Å². The van der Waals surface area contributed by atoms with Crippen LogP contribution in [0.2, 0.25) is 0 Å². The molecular formula is C10H17NO. The summed E-state index contributed by atoms with van der Waals surface area (Å²) >= 11 is 0. The van der Waals surface area contributed by atoms with E-state index < -0.39 is 0 Å². The third-order valence-corrected chi connectivity index (χ3v) is 3.08. The maximum atomic E-state index is 11.4. The first-order valence-corrected chi connectivity index (χ1v) is 4.99. The van der Waals surface area contributed by atoms with Crippen LogP contribution in [0, 0.1) is 11.3 Å². The summed E-state index contributed by atoms with van der Waals surface area (Å²) in [7, 11) is 0. The molecule has 12 heavy (non-hydrogen) atoms. The molecule has 0 aliphatic heterocycles. The van der Waals surface area contributed by atoms with Crippen molar-refractivity contribution in [1.82, 2.24) is 5.32 Å². The van der Waals surface area contributed by atoms with Crippen LogP contribution in [0.15, 0.2) is 0 Å². The minimum atomic E-state index is 0.0174. The van der Waals surface area contributed by atoms with Crippen molar-refractivity contribution in [3.63, 3.8) is 0 Å². The van der Waals surface area contributed by atoms with Gasteiger partial charge in [0.1, 0.15) is 0 Å². The molecule has 68 valence electrons. The van der Waals surface area contributed by atoms with E-state index >= 15 is 0 Å². The van der Waals surface area contributed by atoms with Crippen LogP contribution in [0.4, 0.5) is 0 Å². The smallest absolute Gasteiger partial charge is 0.225 e. The molecule has 0 aromatic rings. The maximum Gasteiger partial charge on any atom is 0.225 e. The zero-order valence-electron chi connectivity index (χ0n) is 7.73. The molecule has 0 aromatic heterocycles. The molecule has 0 atom stereocenters. The van der Waals surface area contributed by atoms with Crippen molar-refractivity contribution in [3.8, 4) is 0 Å². The lowest BCUT2D eigenvalue weighted by Crippen LogP contribution is -2.31. The highest BCUT2D eigenvalue weighted by Crippen LogP contribution is 2.45. The Hall–Kier alpha value is -0.530. The summed E-state index contributed by atoms with van der Waals surface area (Å²) in [6, 6.07) is 0. The Morgan fingerprint density at radius 1 is 1.50 bits per heavy atom. The first kappa shape index (κ1) is 8.09. The quantitative estimate of drug-likeness (QED) is 0.678. The van der Waals surface area contributed by atoms with Crippen LogP contribution in [-0.4, -0.2) is 12.5 Å². The highest BCUT2D eigenvalue weighted by molar-refractivity contribution is 5.84. The molecule has 1 amide bonds. The Labute approximate surface area is 73.7 Å². The summed E-state index contributed by atoms with van der Waals surface area (Å²) in [6.07, 6.45) is 6.13. The minimum Gasteiger partial charge on any atom is -0.356 e. The first-order valence-electron chi connectivity index (χ1n) is 4.99. The second-order valence-electron chi connectivity index (χ2n) is 4.55. The van der Waals surface area contributed by atoms with Crippen molar-refractivity contribution in [1.29, 1.82) is 0 Å². The van der Waals surface area contributed by atoms with E-state index in [9.17, 15) is 4.79 Å². The molecular weight excluding hydrogens is 150 g/mol. The Morgan fingerprint density at radius 2 is 2.17 bits per heavy atom. The Morgan fingerprint density at radius 3 is 2.67 bits per heavy atom. The predicted octanol–water partition coefficient (Wildman–Crippen LogP) is 1.70. The molecule has 0 radical (unpaired) electrons. The summed E-state index contributed by atoms with van der Waals surface area (Å²) in [6.45, 7) is 2.96. The van der Waals surface area contributed by atoms with E-state index in [1.807, 2.05) is 0 Å². The van der Waals surface area contributed by atoms with Crippen molar-refractivity contribution < 1.29 is 4.79 Å². The van der Waals surface area contributed by atoms with Gasteiger partial charge in [0.2, 0.25) is 5.91 Å². The van der Waals surface area contributed by atoms with Crippen molar-refractivity contribution >= 4 is 5.91 Å². The van der Waals surface area contributed by atoms with E-state index in [-0.39, 0.29) is 11.3 Å². The summed E-state index contributed by atoms with van der Waals surface area (Å²) in [5, 5.41) is 3.02. The largest absolute Gasteiger partial charge is 0.356 e. The number of carbonyl (C=O) groups excluding carboxylic acids is 1. The maximum absolute atomic E-state index is 11.4. The first-order chi connectivity index (χ1) is 5.71. The number of amides is 1. The fourth-order valence-electron chi connectivity index (χ4n) is 1.42. The molecule has 2 fully saturated rings. The van der Waals surface area contributed by atoms with Gasteiger partial charge < -0.3 is 5.32 Å². The van der Waals surface area contributed by atoms with Gasteiger partial charge in [0.05, 0.1) is 0 Å². The van der Waals surface area contributed by atoms with Gasteiger partial charge in [0.25, 0.3) is 0 Å². The van der Waals surface area contributed by atoms with E-state index in [0.717, 1.165) is 25.3 Å². The van der Waals surface area contributed by atoms with E-state index in [0.29, 0.717) is 0 Å². The van der Waals surface area contributed by atoms with Gasteiger partial charge in [-0.15, -0.1) is 0 Å². The summed E-state index contributed by atoms with van der Waals surface area (Å²) in [4.78, 5) is 11.4. The zero-order valence-corrected chi connectivity index (χ0v) is 7.73. The molecule has 0 bridgehead atoms. The van der Waals surface area contributed by atoms with Gasteiger partial charge in [-0.3, -0.25) is 4.79 Å². The lowest BCUT2D eigenvalue weighted by molar-refractivity contribution is -0.125. The third kappa shape index (κ3) is 1.79. The van der Waals surface area contributed by atoms with E-state index in [1.165, 1.54) is 19.3 Å². The number of rotatable bonds is 4. The lowest BCUT2D eigenvalue weighted by atomic mass is 10.1. The van der Waals surface area contributed by atoms with Crippen molar-refractivity contribution in [3.05, 3.63) is 0 Å². The number of nitrogens with one attached hydrogen (secondary N) is 1. The molecule has 0 unspecified atom stereocenters. The molecule has 0 saturated heterocycles. The average Bonchev–Trinajstić information content (AvgIpc) is 2.86. The standard InChI is InChI=1S/C10H17NO/c1-10(5-6-10)9(12)11-7-4-8-2-3-8/h8H,2-7H2,1H3,(H,11,12). The lowest BCUT2D eigenvalue weighted by Gasteiger charge is -2.08. The van der Waals surface area contributed by atoms with Crippen molar-refractivity contribution in [2.75, 3.05) is 6.54 Å². The van der Waals surface area contributed by atoms with Crippen LogP contribution in [0.5, 0.6) is 0 Å². The molecule has 1 N–H and O–H groups in total. The van der Waals surface area contributed by atoms with Gasteiger partial charge in [0, 0.05) is 12.0 Å². The summed E-state index contributed by atoms with van der Waals surface area (Å²) in [5.41, 5.74) is 0.0174. The Balaban J connectivity index is 1.62. The third-order valence-electron chi connectivity index (χ3n) is 3.08. The molecule has 2 rings (SSSR count). The van der Waals surface area contributed by atoms with Gasteiger partial charge in [-0.2, -0.15) is 0 Å². The van der Waals surface area contributed by atoms with E-state index in [4.69, 9.17) is 0 Å². The highest BCUT2D eigenvalue weighted by atomic mass is 16.2. The van der Waals surface area contributed by atoms with Crippen LogP contribution in [0.3, 0.4) is 0 Å². The fourth-order valence-corrected chi connectivity index (χ4v) is 1.42. The van der Waals surface area contributed by atoms with Crippen LogP contribution >= 0.6 is 0 Å². The predicted molar refractivity (Wildman–Crippen MR) is 47.7 cm³/mol. The second kappa shape index (κ2) is 2.75. The highest BCUT2D eigenvalue weighted by Gasteiger charge is 2.44. The zero-order chi connectivity index (χ0) is 8.60. The molecule has 0 aromatic carbocycles. The topological polar surface area (TPSA) is 29.1 Å². The fraction of sp³-hybridized carbons (Fsp3) is 0.900. The Bertz CT molecular complexity index is 192. The van der Waals surface area contributed by atoms with Gasteiger partial charge in [-0.05, 0) is 25.2 Å². The second-order valence-corrected chi connectivity index (χ2v) is 4.55. The Kier molecular flexibility index (Phi) is 1.85. The van der Waals surface area contributed by atoms with Gasteiger partial charge in [-0.1, -0.05) is 19.8 Å². The number of hydrogen-bond acceptors (Lipinski definition) is 1. The molecule has 2 aliphatic rings. The van der Waals surface area contributed by atoms with Gasteiger partial charge in [-0.25, -0.2) is 0 Å². The summed E-state index contributed by atoms with van der Waals surface area (Å²) in [5.74, 6) is 1.21. The SMILES string of the molecule is CC1(C(=O)NCCC2CC2)CC1. The normalized spacial score (nSPS) is 25.1. The average molecular weight is 167 g/mol. The molecule has 2 heteroatoms. The van der Waals surface area contributed by atoms with Crippen LogP contribution in [-0.2, 0) is 4.79 Å². The summed E-state index contributed by atoms with van der Waals surface area (Å²) < 4.78 is 0. The van der Waals surface area contributed by atoms with Crippen molar-refractivity contribution in [2.24, 2.45) is 11.3 Å².